The van der Waals surface area contributed by atoms with Crippen molar-refractivity contribution in [3.05, 3.63) is 45.8 Å². The van der Waals surface area contributed by atoms with E-state index in [0.29, 0.717) is 22.6 Å². The first-order chi connectivity index (χ1) is 12.0. The fourth-order valence-electron chi connectivity index (χ4n) is 2.68. The summed E-state index contributed by atoms with van der Waals surface area (Å²) in [5, 5.41) is 7.23. The van der Waals surface area contributed by atoms with Crippen LogP contribution in [0.3, 0.4) is 0 Å². The molecule has 3 aromatic rings. The maximum Gasteiger partial charge on any atom is 0.278 e. The molecular weight excluding hydrogens is 322 g/mol. The number of nitrogens with zero attached hydrogens (tertiary/aromatic N) is 4. The Balaban J connectivity index is 1.60. The van der Waals surface area contributed by atoms with Crippen LogP contribution in [0.25, 0.3) is 11.0 Å². The van der Waals surface area contributed by atoms with Gasteiger partial charge in [-0.05, 0) is 38.3 Å². The van der Waals surface area contributed by atoms with Crippen molar-refractivity contribution < 1.29 is 9.21 Å². The Morgan fingerprint density at radius 1 is 1.32 bits per heavy atom. The Morgan fingerprint density at radius 2 is 2.04 bits per heavy atom. The molecule has 1 aliphatic rings. The number of carbonyl (C=O) groups is 1. The lowest BCUT2D eigenvalue weighted by Gasteiger charge is -2.06. The van der Waals surface area contributed by atoms with Crippen LogP contribution in [0.1, 0.15) is 35.8 Å². The average molecular weight is 339 g/mol. The van der Waals surface area contributed by atoms with Crippen LogP contribution < -0.4 is 10.9 Å². The highest BCUT2D eigenvalue weighted by atomic mass is 16.3. The van der Waals surface area contributed by atoms with Crippen LogP contribution >= 0.6 is 0 Å². The number of aromatic nitrogens is 4. The van der Waals surface area contributed by atoms with Gasteiger partial charge in [0.2, 0.25) is 11.9 Å². The van der Waals surface area contributed by atoms with Gasteiger partial charge in [-0.2, -0.15) is 5.10 Å². The molecule has 1 N–H and O–H groups in total. The molecule has 1 aliphatic carbocycles. The van der Waals surface area contributed by atoms with Gasteiger partial charge in [0.15, 0.2) is 5.58 Å². The van der Waals surface area contributed by atoms with Crippen molar-refractivity contribution in [3.63, 3.8) is 0 Å². The number of fused-ring (bicyclic) bond motifs is 1. The zero-order valence-corrected chi connectivity index (χ0v) is 13.9. The Bertz CT molecular complexity index is 1020. The van der Waals surface area contributed by atoms with Crippen LogP contribution in [-0.4, -0.2) is 25.7 Å². The number of aryl methyl sites for hydroxylation is 2. The van der Waals surface area contributed by atoms with Gasteiger partial charge in [-0.1, -0.05) is 0 Å². The number of hydrogen-bond donors (Lipinski definition) is 1. The number of anilines is 1. The molecule has 0 saturated heterocycles. The van der Waals surface area contributed by atoms with Crippen LogP contribution in [0.2, 0.25) is 0 Å². The summed E-state index contributed by atoms with van der Waals surface area (Å²) in [4.78, 5) is 32.8. The van der Waals surface area contributed by atoms with Crippen molar-refractivity contribution in [1.82, 2.24) is 19.7 Å². The van der Waals surface area contributed by atoms with E-state index < -0.39 is 5.91 Å². The monoisotopic (exact) mass is 339 g/mol. The lowest BCUT2D eigenvalue weighted by molar-refractivity contribution is -0.117. The second kappa shape index (κ2) is 5.80. The van der Waals surface area contributed by atoms with Gasteiger partial charge >= 0.3 is 0 Å². The van der Waals surface area contributed by atoms with E-state index in [4.69, 9.17) is 4.42 Å². The van der Waals surface area contributed by atoms with Crippen LogP contribution in [0.15, 0.2) is 27.7 Å². The van der Waals surface area contributed by atoms with E-state index in [-0.39, 0.29) is 18.1 Å². The van der Waals surface area contributed by atoms with Gasteiger partial charge in [0.1, 0.15) is 18.0 Å². The quantitative estimate of drug-likeness (QED) is 0.779. The molecule has 0 aromatic carbocycles. The number of furan rings is 1. The van der Waals surface area contributed by atoms with Crippen LogP contribution in [0.5, 0.6) is 0 Å². The predicted octanol–water partition coefficient (Wildman–Crippen LogP) is 1.91. The molecule has 0 spiro atoms. The van der Waals surface area contributed by atoms with Crippen LogP contribution in [0.4, 0.5) is 5.95 Å². The molecule has 1 amide bonds. The number of carbonyl (C=O) groups excluding carboxylic acids is 1. The summed E-state index contributed by atoms with van der Waals surface area (Å²) >= 11 is 0. The van der Waals surface area contributed by atoms with Gasteiger partial charge in [-0.15, -0.1) is 0 Å². The van der Waals surface area contributed by atoms with Crippen molar-refractivity contribution in [2.45, 2.75) is 39.2 Å². The van der Waals surface area contributed by atoms with Crippen molar-refractivity contribution >= 4 is 22.8 Å². The van der Waals surface area contributed by atoms with Crippen molar-refractivity contribution in [2.24, 2.45) is 0 Å². The molecule has 0 bridgehead atoms. The Labute approximate surface area is 142 Å². The van der Waals surface area contributed by atoms with Crippen molar-refractivity contribution in [1.29, 1.82) is 0 Å². The van der Waals surface area contributed by atoms with E-state index in [1.165, 1.54) is 0 Å². The number of amides is 1. The van der Waals surface area contributed by atoms with Gasteiger partial charge in [-0.3, -0.25) is 14.9 Å². The first-order valence-corrected chi connectivity index (χ1v) is 8.11. The molecule has 3 aromatic heterocycles. The van der Waals surface area contributed by atoms with Crippen molar-refractivity contribution in [3.8, 4) is 0 Å². The van der Waals surface area contributed by atoms with E-state index in [0.717, 1.165) is 28.8 Å². The molecular formula is C17H17N5O3. The molecule has 8 nitrogen and oxygen atoms in total. The fourth-order valence-corrected chi connectivity index (χ4v) is 2.68. The molecule has 128 valence electrons. The van der Waals surface area contributed by atoms with E-state index in [2.05, 4.69) is 20.4 Å². The first-order valence-electron chi connectivity index (χ1n) is 8.11. The van der Waals surface area contributed by atoms with Gasteiger partial charge in [-0.25, -0.2) is 14.6 Å². The Hall–Kier alpha value is -3.03. The topological polar surface area (TPSA) is 103 Å². The van der Waals surface area contributed by atoms with Gasteiger partial charge in [0.05, 0.1) is 5.39 Å². The molecule has 0 radical (unpaired) electrons. The second-order valence-corrected chi connectivity index (χ2v) is 6.35. The molecule has 1 fully saturated rings. The summed E-state index contributed by atoms with van der Waals surface area (Å²) in [7, 11) is 0. The second-order valence-electron chi connectivity index (χ2n) is 6.35. The van der Waals surface area contributed by atoms with Gasteiger partial charge in [0.25, 0.3) is 5.56 Å². The minimum atomic E-state index is -0.414. The van der Waals surface area contributed by atoms with Crippen molar-refractivity contribution in [2.75, 3.05) is 5.32 Å². The summed E-state index contributed by atoms with van der Waals surface area (Å²) in [6.07, 6.45) is 5.38. The first kappa shape index (κ1) is 15.5. The standard InChI is InChI=1S/C17H17N5O3/c1-9-6-18-17(19-7-9)20-14(23)8-22-16(24)12-5-13(11-3-4-11)25-15(12)10(2)21-22/h5-7,11H,3-4,8H2,1-2H3,(H,18,19,20,23). The highest BCUT2D eigenvalue weighted by molar-refractivity contribution is 5.89. The minimum absolute atomic E-state index is 0.195. The molecule has 0 aliphatic heterocycles. The number of nitrogens with one attached hydrogen (secondary N) is 1. The lowest BCUT2D eigenvalue weighted by Crippen LogP contribution is -2.30. The van der Waals surface area contributed by atoms with Gasteiger partial charge in [0, 0.05) is 18.3 Å². The molecule has 4 rings (SSSR count). The van der Waals surface area contributed by atoms with E-state index >= 15 is 0 Å². The fraction of sp³-hybridized carbons (Fsp3) is 0.353. The van der Waals surface area contributed by atoms with E-state index in [1.54, 1.807) is 25.4 Å². The normalized spacial score (nSPS) is 14.0. The highest BCUT2D eigenvalue weighted by Crippen LogP contribution is 2.41. The smallest absolute Gasteiger partial charge is 0.278 e. The Kier molecular flexibility index (Phi) is 3.60. The SMILES string of the molecule is Cc1cnc(NC(=O)Cn2nc(C)c3oc(C4CC4)cc3c2=O)nc1. The largest absolute Gasteiger partial charge is 0.459 e. The highest BCUT2D eigenvalue weighted by Gasteiger charge is 2.28. The van der Waals surface area contributed by atoms with Crippen LogP contribution in [-0.2, 0) is 11.3 Å². The summed E-state index contributed by atoms with van der Waals surface area (Å²) in [5.74, 6) is 1.01. The predicted molar refractivity (Wildman–Crippen MR) is 90.4 cm³/mol. The molecule has 8 heteroatoms. The molecule has 25 heavy (non-hydrogen) atoms. The van der Waals surface area contributed by atoms with E-state index in [1.807, 2.05) is 6.92 Å². The maximum atomic E-state index is 12.6. The number of rotatable bonds is 4. The summed E-state index contributed by atoms with van der Waals surface area (Å²) in [5.41, 5.74) is 1.64. The zero-order chi connectivity index (χ0) is 17.6. The lowest BCUT2D eigenvalue weighted by atomic mass is 10.2. The summed E-state index contributed by atoms with van der Waals surface area (Å²) in [6, 6.07) is 1.78. The van der Waals surface area contributed by atoms with Gasteiger partial charge < -0.3 is 4.42 Å². The molecule has 0 atom stereocenters. The third kappa shape index (κ3) is 3.02. The number of hydrogen-bond acceptors (Lipinski definition) is 6. The molecule has 3 heterocycles. The van der Waals surface area contributed by atoms with E-state index in [9.17, 15) is 9.59 Å². The molecule has 0 unspecified atom stereocenters. The summed E-state index contributed by atoms with van der Waals surface area (Å²) in [6.45, 7) is 3.41. The average Bonchev–Trinajstić information content (AvgIpc) is 3.33. The third-order valence-corrected chi connectivity index (χ3v) is 4.12. The van der Waals surface area contributed by atoms with Crippen LogP contribution in [0, 0.1) is 13.8 Å². The minimum Gasteiger partial charge on any atom is -0.459 e. The molecule has 1 saturated carbocycles. The third-order valence-electron chi connectivity index (χ3n) is 4.12. The Morgan fingerprint density at radius 3 is 2.72 bits per heavy atom. The zero-order valence-electron chi connectivity index (χ0n) is 13.9. The summed E-state index contributed by atoms with van der Waals surface area (Å²) < 4.78 is 6.92. The maximum absolute atomic E-state index is 12.6.